The summed E-state index contributed by atoms with van der Waals surface area (Å²) >= 11 is 0. The van der Waals surface area contributed by atoms with E-state index in [-0.39, 0.29) is 5.41 Å². The molecule has 4 rings (SSSR count). The lowest BCUT2D eigenvalue weighted by molar-refractivity contribution is -0.127. The van der Waals surface area contributed by atoms with Crippen LogP contribution in [-0.2, 0) is 5.60 Å². The minimum absolute atomic E-state index is 0.228. The maximum Gasteiger partial charge on any atom is 0.124 e. The predicted molar refractivity (Wildman–Crippen MR) is 101 cm³/mol. The van der Waals surface area contributed by atoms with E-state index in [4.69, 9.17) is 0 Å². The topological polar surface area (TPSA) is 39.6 Å². The molecule has 2 aromatic rings. The minimum atomic E-state index is -1.04. The maximum absolute atomic E-state index is 12.0. The van der Waals surface area contributed by atoms with Crippen molar-refractivity contribution >= 4 is 5.69 Å². The standard InChI is InChI=1S/C21H27N3O/c1-20(15-23(2)16-20)21(25,17-8-4-3-5-9-17)18-12-19(14-22-13-18)24-10-6-7-11-24/h3-5,8-9,12-14,25H,6-7,10-11,15-16H2,1-2H3. The Morgan fingerprint density at radius 1 is 1.04 bits per heavy atom. The van der Waals surface area contributed by atoms with Gasteiger partial charge in [0.1, 0.15) is 5.60 Å². The van der Waals surface area contributed by atoms with Crippen molar-refractivity contribution in [3.63, 3.8) is 0 Å². The van der Waals surface area contributed by atoms with Crippen LogP contribution in [0.2, 0.25) is 0 Å². The lowest BCUT2D eigenvalue weighted by Crippen LogP contribution is -2.63. The van der Waals surface area contributed by atoms with Crippen molar-refractivity contribution < 1.29 is 5.11 Å². The summed E-state index contributed by atoms with van der Waals surface area (Å²) in [6, 6.07) is 12.2. The second-order valence-electron chi connectivity index (χ2n) is 7.94. The van der Waals surface area contributed by atoms with Crippen LogP contribution in [-0.4, -0.2) is 48.2 Å². The van der Waals surface area contributed by atoms with Crippen LogP contribution in [0.1, 0.15) is 30.9 Å². The Hall–Kier alpha value is -1.91. The smallest absolute Gasteiger partial charge is 0.124 e. The van der Waals surface area contributed by atoms with Gasteiger partial charge in [-0.15, -0.1) is 0 Å². The Balaban J connectivity index is 1.80. The lowest BCUT2D eigenvalue weighted by Gasteiger charge is -2.55. The molecule has 1 atom stereocenters. The predicted octanol–water partition coefficient (Wildman–Crippen LogP) is 2.87. The van der Waals surface area contributed by atoms with E-state index in [1.54, 1.807) is 0 Å². The molecular weight excluding hydrogens is 310 g/mol. The van der Waals surface area contributed by atoms with Gasteiger partial charge < -0.3 is 14.9 Å². The van der Waals surface area contributed by atoms with Crippen LogP contribution < -0.4 is 4.90 Å². The average molecular weight is 337 g/mol. The molecule has 1 aromatic carbocycles. The molecule has 4 nitrogen and oxygen atoms in total. The molecule has 25 heavy (non-hydrogen) atoms. The van der Waals surface area contributed by atoms with Crippen molar-refractivity contribution in [3.8, 4) is 0 Å². The highest BCUT2D eigenvalue weighted by molar-refractivity contribution is 5.51. The molecule has 0 aliphatic carbocycles. The quantitative estimate of drug-likeness (QED) is 0.931. The molecule has 2 aliphatic heterocycles. The van der Waals surface area contributed by atoms with Gasteiger partial charge in [0.15, 0.2) is 0 Å². The number of aromatic nitrogens is 1. The number of benzene rings is 1. The van der Waals surface area contributed by atoms with E-state index in [9.17, 15) is 5.11 Å². The molecule has 132 valence electrons. The Labute approximate surface area is 150 Å². The van der Waals surface area contributed by atoms with E-state index in [0.717, 1.165) is 43.0 Å². The number of aliphatic hydroxyl groups is 1. The van der Waals surface area contributed by atoms with Crippen LogP contribution in [0.15, 0.2) is 48.8 Å². The second-order valence-corrected chi connectivity index (χ2v) is 7.94. The van der Waals surface area contributed by atoms with Crippen LogP contribution in [0, 0.1) is 5.41 Å². The summed E-state index contributed by atoms with van der Waals surface area (Å²) in [6.07, 6.45) is 6.23. The highest BCUT2D eigenvalue weighted by atomic mass is 16.3. The zero-order chi connectivity index (χ0) is 17.5. The molecule has 3 heterocycles. The lowest BCUT2D eigenvalue weighted by atomic mass is 9.62. The Morgan fingerprint density at radius 3 is 2.36 bits per heavy atom. The monoisotopic (exact) mass is 337 g/mol. The van der Waals surface area contributed by atoms with Gasteiger partial charge in [0.2, 0.25) is 0 Å². The first-order chi connectivity index (χ1) is 12.0. The first kappa shape index (κ1) is 16.6. The Bertz CT molecular complexity index is 736. The summed E-state index contributed by atoms with van der Waals surface area (Å²) in [4.78, 5) is 9.12. The number of nitrogens with zero attached hydrogens (tertiary/aromatic N) is 3. The summed E-state index contributed by atoms with van der Waals surface area (Å²) < 4.78 is 0. The van der Waals surface area contributed by atoms with E-state index >= 15 is 0 Å². The van der Waals surface area contributed by atoms with Crippen LogP contribution in [0.5, 0.6) is 0 Å². The fourth-order valence-electron chi connectivity index (χ4n) is 4.69. The summed E-state index contributed by atoms with van der Waals surface area (Å²) in [5, 5.41) is 12.0. The highest BCUT2D eigenvalue weighted by Gasteiger charge is 2.55. The summed E-state index contributed by atoms with van der Waals surface area (Å²) in [5.74, 6) is 0. The number of hydrogen-bond donors (Lipinski definition) is 1. The molecule has 0 radical (unpaired) electrons. The molecule has 1 N–H and O–H groups in total. The van der Waals surface area contributed by atoms with Gasteiger partial charge in [0.05, 0.1) is 11.9 Å². The number of anilines is 1. The van der Waals surface area contributed by atoms with Gasteiger partial charge >= 0.3 is 0 Å². The largest absolute Gasteiger partial charge is 0.380 e. The van der Waals surface area contributed by atoms with Crippen molar-refractivity contribution in [2.45, 2.75) is 25.4 Å². The van der Waals surface area contributed by atoms with Crippen molar-refractivity contribution in [1.82, 2.24) is 9.88 Å². The fraction of sp³-hybridized carbons (Fsp3) is 0.476. The number of likely N-dealkylation sites (tertiary alicyclic amines) is 1. The van der Waals surface area contributed by atoms with Crippen LogP contribution in [0.3, 0.4) is 0 Å². The Kier molecular flexibility index (Phi) is 4.05. The average Bonchev–Trinajstić information content (AvgIpc) is 3.15. The fourth-order valence-corrected chi connectivity index (χ4v) is 4.69. The molecular formula is C21H27N3O. The molecule has 1 aromatic heterocycles. The van der Waals surface area contributed by atoms with Gasteiger partial charge in [-0.1, -0.05) is 37.3 Å². The zero-order valence-electron chi connectivity index (χ0n) is 15.2. The second kappa shape index (κ2) is 6.11. The third-order valence-electron chi connectivity index (χ3n) is 5.92. The van der Waals surface area contributed by atoms with Gasteiger partial charge in [-0.05, 0) is 31.5 Å². The molecule has 0 saturated carbocycles. The molecule has 2 aliphatic rings. The number of hydrogen-bond acceptors (Lipinski definition) is 4. The third-order valence-corrected chi connectivity index (χ3v) is 5.92. The molecule has 2 saturated heterocycles. The molecule has 2 fully saturated rings. The van der Waals surface area contributed by atoms with Gasteiger partial charge in [0, 0.05) is 43.4 Å². The van der Waals surface area contributed by atoms with Gasteiger partial charge in [-0.3, -0.25) is 4.98 Å². The van der Waals surface area contributed by atoms with Crippen molar-refractivity contribution in [2.24, 2.45) is 5.41 Å². The maximum atomic E-state index is 12.0. The minimum Gasteiger partial charge on any atom is -0.380 e. The van der Waals surface area contributed by atoms with E-state index in [1.165, 1.54) is 12.8 Å². The normalized spacial score (nSPS) is 22.4. The van der Waals surface area contributed by atoms with Crippen LogP contribution in [0.25, 0.3) is 0 Å². The van der Waals surface area contributed by atoms with Crippen LogP contribution >= 0.6 is 0 Å². The van der Waals surface area contributed by atoms with E-state index in [1.807, 2.05) is 42.7 Å². The SMILES string of the molecule is CN1CC(C)(C(O)(c2ccccc2)c2cncc(N3CCCC3)c2)C1. The van der Waals surface area contributed by atoms with E-state index < -0.39 is 5.60 Å². The molecule has 0 bridgehead atoms. The zero-order valence-corrected chi connectivity index (χ0v) is 15.2. The van der Waals surface area contributed by atoms with Gasteiger partial charge in [-0.2, -0.15) is 0 Å². The summed E-state index contributed by atoms with van der Waals surface area (Å²) in [5.41, 5.74) is 1.71. The van der Waals surface area contributed by atoms with Crippen LogP contribution in [0.4, 0.5) is 5.69 Å². The molecule has 0 amide bonds. The molecule has 0 spiro atoms. The number of pyridine rings is 1. The molecule has 1 unspecified atom stereocenters. The van der Waals surface area contributed by atoms with Crippen molar-refractivity contribution in [2.75, 3.05) is 38.1 Å². The van der Waals surface area contributed by atoms with Crippen molar-refractivity contribution in [1.29, 1.82) is 0 Å². The van der Waals surface area contributed by atoms with E-state index in [0.29, 0.717) is 0 Å². The number of rotatable bonds is 4. The van der Waals surface area contributed by atoms with Gasteiger partial charge in [-0.25, -0.2) is 0 Å². The van der Waals surface area contributed by atoms with E-state index in [2.05, 4.69) is 34.8 Å². The molecule has 4 heteroatoms. The Morgan fingerprint density at radius 2 is 1.72 bits per heavy atom. The highest BCUT2D eigenvalue weighted by Crippen LogP contribution is 2.50. The first-order valence-corrected chi connectivity index (χ1v) is 9.20. The first-order valence-electron chi connectivity index (χ1n) is 9.20. The third kappa shape index (κ3) is 2.64. The summed E-state index contributed by atoms with van der Waals surface area (Å²) in [6.45, 7) is 6.07. The summed E-state index contributed by atoms with van der Waals surface area (Å²) in [7, 11) is 2.10. The van der Waals surface area contributed by atoms with Gasteiger partial charge in [0.25, 0.3) is 0 Å². The van der Waals surface area contributed by atoms with Crippen molar-refractivity contribution in [3.05, 3.63) is 59.9 Å².